The zero-order chi connectivity index (χ0) is 29.7. The number of nitrogens with zero attached hydrogens (tertiary/aromatic N) is 3. The standard InChI is InChI=1S/C34H41FN4O3/c1-2-3-4-5-6-9-32(40)37-30-16-12-28(13-17-30)34(42)39(31-8-7-20-36-25-31)24-23-38-21-18-27(19-22-38)33(41)26-10-14-29(35)15-11-26/h7-8,10-17,20,25,27H,2-6,9,18-19,21-24H2,1H3,(H,37,40). The first-order valence-corrected chi connectivity index (χ1v) is 15.1. The number of ketones is 1. The molecule has 0 spiro atoms. The van der Waals surface area contributed by atoms with Gasteiger partial charge in [-0.25, -0.2) is 4.39 Å². The number of carbonyl (C=O) groups excluding carboxylic acids is 3. The lowest BCUT2D eigenvalue weighted by Crippen LogP contribution is -2.43. The number of nitrogens with one attached hydrogen (secondary N) is 1. The molecule has 8 heteroatoms. The Morgan fingerprint density at radius 2 is 1.62 bits per heavy atom. The first-order chi connectivity index (χ1) is 20.4. The minimum atomic E-state index is -0.347. The predicted octanol–water partition coefficient (Wildman–Crippen LogP) is 6.76. The van der Waals surface area contributed by atoms with Crippen molar-refractivity contribution in [3.05, 3.63) is 90.0 Å². The van der Waals surface area contributed by atoms with Gasteiger partial charge >= 0.3 is 0 Å². The Morgan fingerprint density at radius 3 is 2.29 bits per heavy atom. The Kier molecular flexibility index (Phi) is 11.8. The third-order valence-electron chi connectivity index (χ3n) is 7.85. The lowest BCUT2D eigenvalue weighted by Gasteiger charge is -2.33. The zero-order valence-electron chi connectivity index (χ0n) is 24.4. The van der Waals surface area contributed by atoms with Crippen molar-refractivity contribution < 1.29 is 18.8 Å². The van der Waals surface area contributed by atoms with Crippen LogP contribution in [0.4, 0.5) is 15.8 Å². The van der Waals surface area contributed by atoms with Gasteiger partial charge in [-0.15, -0.1) is 0 Å². The van der Waals surface area contributed by atoms with Crippen molar-refractivity contribution in [3.63, 3.8) is 0 Å². The van der Waals surface area contributed by atoms with E-state index in [-0.39, 0.29) is 29.3 Å². The average Bonchev–Trinajstić information content (AvgIpc) is 3.02. The number of hydrogen-bond acceptors (Lipinski definition) is 5. The third-order valence-corrected chi connectivity index (χ3v) is 7.85. The summed E-state index contributed by atoms with van der Waals surface area (Å²) in [4.78, 5) is 47.0. The van der Waals surface area contributed by atoms with Crippen LogP contribution in [0.3, 0.4) is 0 Å². The molecule has 0 atom stereocenters. The van der Waals surface area contributed by atoms with E-state index in [1.165, 1.54) is 25.0 Å². The summed E-state index contributed by atoms with van der Waals surface area (Å²) in [6.45, 7) is 4.80. The van der Waals surface area contributed by atoms with Crippen LogP contribution in [0.1, 0.15) is 79.0 Å². The van der Waals surface area contributed by atoms with Gasteiger partial charge in [0.25, 0.3) is 5.91 Å². The quantitative estimate of drug-likeness (QED) is 0.170. The molecule has 1 N–H and O–H groups in total. The van der Waals surface area contributed by atoms with Gasteiger partial charge in [0.2, 0.25) is 5.91 Å². The molecule has 3 aromatic rings. The number of rotatable bonds is 14. The number of unbranched alkanes of at least 4 members (excludes halogenated alkanes) is 4. The number of aromatic nitrogens is 1. The van der Waals surface area contributed by atoms with Gasteiger partial charge in [-0.3, -0.25) is 19.4 Å². The highest BCUT2D eigenvalue weighted by Gasteiger charge is 2.27. The van der Waals surface area contributed by atoms with Gasteiger partial charge in [-0.2, -0.15) is 0 Å². The number of halogens is 1. The van der Waals surface area contributed by atoms with Crippen molar-refractivity contribution in [1.29, 1.82) is 0 Å². The van der Waals surface area contributed by atoms with Gasteiger partial charge in [-0.1, -0.05) is 32.6 Å². The molecule has 42 heavy (non-hydrogen) atoms. The number of carbonyl (C=O) groups is 3. The largest absolute Gasteiger partial charge is 0.326 e. The number of pyridine rings is 1. The Hall–Kier alpha value is -3.91. The van der Waals surface area contributed by atoms with Crippen LogP contribution < -0.4 is 10.2 Å². The highest BCUT2D eigenvalue weighted by Crippen LogP contribution is 2.23. The van der Waals surface area contributed by atoms with Crippen LogP contribution in [0, 0.1) is 11.7 Å². The van der Waals surface area contributed by atoms with E-state index in [0.717, 1.165) is 45.2 Å². The van der Waals surface area contributed by atoms with Crippen LogP contribution in [0.5, 0.6) is 0 Å². The molecule has 1 aromatic heterocycles. The van der Waals surface area contributed by atoms with E-state index in [1.54, 1.807) is 53.7 Å². The summed E-state index contributed by atoms with van der Waals surface area (Å²) >= 11 is 0. The number of amides is 2. The van der Waals surface area contributed by atoms with Crippen molar-refractivity contribution in [1.82, 2.24) is 9.88 Å². The highest BCUT2D eigenvalue weighted by molar-refractivity contribution is 6.06. The van der Waals surface area contributed by atoms with Gasteiger partial charge in [0.05, 0.1) is 11.9 Å². The maximum absolute atomic E-state index is 13.6. The topological polar surface area (TPSA) is 82.6 Å². The fourth-order valence-electron chi connectivity index (χ4n) is 5.34. The average molecular weight is 573 g/mol. The Morgan fingerprint density at radius 1 is 0.929 bits per heavy atom. The lowest BCUT2D eigenvalue weighted by molar-refractivity contribution is -0.116. The normalized spacial score (nSPS) is 14.0. The second-order valence-corrected chi connectivity index (χ2v) is 10.9. The summed E-state index contributed by atoms with van der Waals surface area (Å²) in [7, 11) is 0. The molecule has 1 saturated heterocycles. The molecule has 0 radical (unpaired) electrons. The maximum atomic E-state index is 13.6. The third kappa shape index (κ3) is 9.05. The van der Waals surface area contributed by atoms with E-state index in [1.807, 2.05) is 12.1 Å². The van der Waals surface area contributed by atoms with Gasteiger partial charge in [0.15, 0.2) is 5.78 Å². The molecule has 0 unspecified atom stereocenters. The van der Waals surface area contributed by atoms with Gasteiger partial charge in [-0.05, 0) is 93.0 Å². The van der Waals surface area contributed by atoms with Crippen molar-refractivity contribution in [2.75, 3.05) is 36.4 Å². The highest BCUT2D eigenvalue weighted by atomic mass is 19.1. The van der Waals surface area contributed by atoms with Crippen LogP contribution in [-0.4, -0.2) is 53.7 Å². The minimum Gasteiger partial charge on any atom is -0.326 e. The predicted molar refractivity (Wildman–Crippen MR) is 164 cm³/mol. The number of hydrogen-bond donors (Lipinski definition) is 1. The molecular weight excluding hydrogens is 531 g/mol. The molecular formula is C34H41FN4O3. The zero-order valence-corrected chi connectivity index (χ0v) is 24.4. The smallest absolute Gasteiger partial charge is 0.258 e. The molecule has 0 saturated carbocycles. The number of likely N-dealkylation sites (tertiary alicyclic amines) is 1. The summed E-state index contributed by atoms with van der Waals surface area (Å²) in [5, 5.41) is 2.93. The molecule has 7 nitrogen and oxygen atoms in total. The van der Waals surface area contributed by atoms with Crippen molar-refractivity contribution in [3.8, 4) is 0 Å². The summed E-state index contributed by atoms with van der Waals surface area (Å²) < 4.78 is 13.2. The van der Waals surface area contributed by atoms with Crippen LogP contribution in [-0.2, 0) is 4.79 Å². The lowest BCUT2D eigenvalue weighted by atomic mass is 9.89. The van der Waals surface area contributed by atoms with Gasteiger partial charge in [0.1, 0.15) is 5.82 Å². The monoisotopic (exact) mass is 572 g/mol. The van der Waals surface area contributed by atoms with Crippen LogP contribution in [0.15, 0.2) is 73.1 Å². The number of benzene rings is 2. The Bertz CT molecular complexity index is 1290. The molecule has 4 rings (SSSR count). The molecule has 2 aromatic carbocycles. The summed E-state index contributed by atoms with van der Waals surface area (Å²) in [5.41, 5.74) is 2.47. The molecule has 1 fully saturated rings. The summed E-state index contributed by atoms with van der Waals surface area (Å²) in [6, 6.07) is 16.5. The van der Waals surface area contributed by atoms with E-state index in [2.05, 4.69) is 22.1 Å². The molecule has 0 aliphatic carbocycles. The van der Waals surface area contributed by atoms with Crippen LogP contribution in [0.25, 0.3) is 0 Å². The molecule has 2 heterocycles. The molecule has 0 bridgehead atoms. The van der Waals surface area contributed by atoms with E-state index in [9.17, 15) is 18.8 Å². The fraction of sp³-hybridized carbons (Fsp3) is 0.412. The van der Waals surface area contributed by atoms with E-state index < -0.39 is 0 Å². The number of Topliss-reactive ketones (excluding diaryl/α,β-unsaturated/α-hetero) is 1. The maximum Gasteiger partial charge on any atom is 0.258 e. The van der Waals surface area contributed by atoms with E-state index in [4.69, 9.17) is 0 Å². The Balaban J connectivity index is 1.31. The van der Waals surface area contributed by atoms with Gasteiger partial charge < -0.3 is 15.1 Å². The SMILES string of the molecule is CCCCCCCC(=O)Nc1ccc(C(=O)N(CCN2CCC(C(=O)c3ccc(F)cc3)CC2)c2cccnc2)cc1. The second-order valence-electron chi connectivity index (χ2n) is 10.9. The first-order valence-electron chi connectivity index (χ1n) is 15.1. The number of piperidine rings is 1. The molecule has 1 aliphatic heterocycles. The van der Waals surface area contributed by atoms with Crippen molar-refractivity contribution in [2.24, 2.45) is 5.92 Å². The van der Waals surface area contributed by atoms with Crippen molar-refractivity contribution >= 4 is 29.0 Å². The molecule has 1 aliphatic rings. The minimum absolute atomic E-state index is 0.00861. The number of anilines is 2. The molecule has 2 amide bonds. The van der Waals surface area contributed by atoms with Crippen molar-refractivity contribution in [2.45, 2.75) is 58.3 Å². The second kappa shape index (κ2) is 15.9. The van der Waals surface area contributed by atoms with E-state index >= 15 is 0 Å². The summed E-state index contributed by atoms with van der Waals surface area (Å²) in [6.07, 6.45) is 10.8. The van der Waals surface area contributed by atoms with Crippen LogP contribution in [0.2, 0.25) is 0 Å². The molecule has 222 valence electrons. The summed E-state index contributed by atoms with van der Waals surface area (Å²) in [5.74, 6) is -0.513. The van der Waals surface area contributed by atoms with Crippen LogP contribution >= 0.6 is 0 Å². The Labute approximate surface area is 248 Å². The van der Waals surface area contributed by atoms with Gasteiger partial charge in [0, 0.05) is 48.4 Å². The first kappa shape index (κ1) is 31.0. The fourth-order valence-corrected chi connectivity index (χ4v) is 5.34. The van der Waals surface area contributed by atoms with E-state index in [0.29, 0.717) is 42.0 Å².